The quantitative estimate of drug-likeness (QED) is 0.768. The molecule has 2 aromatic carbocycles. The minimum atomic E-state index is -0.990. The summed E-state index contributed by atoms with van der Waals surface area (Å²) < 4.78 is 28.3. The zero-order valence-corrected chi connectivity index (χ0v) is 14.7. The van der Waals surface area contributed by atoms with Crippen molar-refractivity contribution in [3.05, 3.63) is 53.8 Å². The van der Waals surface area contributed by atoms with Crippen molar-refractivity contribution in [1.29, 1.82) is 0 Å². The molecule has 0 radical (unpaired) electrons. The predicted octanol–water partition coefficient (Wildman–Crippen LogP) is 2.96. The van der Waals surface area contributed by atoms with Crippen molar-refractivity contribution >= 4 is 17.6 Å². The van der Waals surface area contributed by atoms with Crippen LogP contribution in [0.15, 0.2) is 42.5 Å². The normalized spacial score (nSPS) is 11.4. The van der Waals surface area contributed by atoms with Crippen molar-refractivity contribution in [1.82, 2.24) is 0 Å². The minimum Gasteiger partial charge on any atom is -0.493 e. The Morgan fingerprint density at radius 2 is 1.69 bits per heavy atom. The van der Waals surface area contributed by atoms with E-state index in [1.165, 1.54) is 45.4 Å². The van der Waals surface area contributed by atoms with Gasteiger partial charge in [0.25, 0.3) is 5.91 Å². The highest BCUT2D eigenvalue weighted by molar-refractivity contribution is 5.95. The van der Waals surface area contributed by atoms with Gasteiger partial charge in [0.1, 0.15) is 5.82 Å². The Hall–Kier alpha value is -3.09. The molecule has 0 heterocycles. The molecule has 0 aliphatic rings. The number of esters is 1. The zero-order chi connectivity index (χ0) is 19.1. The van der Waals surface area contributed by atoms with Gasteiger partial charge in [-0.05, 0) is 36.8 Å². The van der Waals surface area contributed by atoms with Gasteiger partial charge in [-0.15, -0.1) is 0 Å². The average Bonchev–Trinajstić information content (AvgIpc) is 2.63. The molecule has 0 aliphatic carbocycles. The number of hydrogen-bond acceptors (Lipinski definition) is 5. The third-order valence-electron chi connectivity index (χ3n) is 3.59. The van der Waals surface area contributed by atoms with Gasteiger partial charge in [0.05, 0.1) is 20.6 Å². The average molecular weight is 361 g/mol. The monoisotopic (exact) mass is 361 g/mol. The molecular formula is C19H20FNO5. The SMILES string of the molecule is COc1ccc(NC(=O)C(C)OC(=O)Cc2ccc(F)cc2)cc1OC. The number of carbonyl (C=O) groups is 2. The summed E-state index contributed by atoms with van der Waals surface area (Å²) in [5.41, 5.74) is 1.08. The molecule has 2 rings (SSSR count). The number of hydrogen-bond donors (Lipinski definition) is 1. The molecule has 6 nitrogen and oxygen atoms in total. The Kier molecular flexibility index (Phi) is 6.54. The van der Waals surface area contributed by atoms with Crippen molar-refractivity contribution in [2.24, 2.45) is 0 Å². The van der Waals surface area contributed by atoms with Gasteiger partial charge >= 0.3 is 5.97 Å². The summed E-state index contributed by atoms with van der Waals surface area (Å²) in [4.78, 5) is 24.1. The first-order chi connectivity index (χ1) is 12.4. The van der Waals surface area contributed by atoms with E-state index in [9.17, 15) is 14.0 Å². The number of rotatable bonds is 7. The fourth-order valence-electron chi connectivity index (χ4n) is 2.22. The first-order valence-electron chi connectivity index (χ1n) is 7.89. The molecule has 0 spiro atoms. The number of carbonyl (C=O) groups excluding carboxylic acids is 2. The predicted molar refractivity (Wildman–Crippen MR) is 93.8 cm³/mol. The van der Waals surface area contributed by atoms with Gasteiger partial charge in [-0.1, -0.05) is 12.1 Å². The summed E-state index contributed by atoms with van der Waals surface area (Å²) in [5, 5.41) is 2.64. The van der Waals surface area contributed by atoms with Crippen LogP contribution in [0.2, 0.25) is 0 Å². The standard InChI is InChI=1S/C19H20FNO5/c1-12(26-18(22)10-13-4-6-14(20)7-5-13)19(23)21-15-8-9-16(24-2)17(11-15)25-3/h4-9,11-12H,10H2,1-3H3,(H,21,23). The number of ether oxygens (including phenoxy) is 3. The zero-order valence-electron chi connectivity index (χ0n) is 14.7. The molecule has 0 aromatic heterocycles. The maximum atomic E-state index is 12.9. The molecule has 1 atom stereocenters. The highest BCUT2D eigenvalue weighted by atomic mass is 19.1. The van der Waals surface area contributed by atoms with Crippen LogP contribution in [0.3, 0.4) is 0 Å². The number of amides is 1. The summed E-state index contributed by atoms with van der Waals surface area (Å²) in [7, 11) is 3.00. The topological polar surface area (TPSA) is 73.9 Å². The molecule has 0 aliphatic heterocycles. The maximum Gasteiger partial charge on any atom is 0.311 e. The molecule has 1 unspecified atom stereocenters. The van der Waals surface area contributed by atoms with Crippen LogP contribution >= 0.6 is 0 Å². The van der Waals surface area contributed by atoms with E-state index in [2.05, 4.69) is 5.32 Å². The highest BCUT2D eigenvalue weighted by Crippen LogP contribution is 2.29. The van der Waals surface area contributed by atoms with Gasteiger partial charge in [-0.25, -0.2) is 4.39 Å². The van der Waals surface area contributed by atoms with E-state index in [1.54, 1.807) is 18.2 Å². The van der Waals surface area contributed by atoms with E-state index in [0.29, 0.717) is 22.7 Å². The van der Waals surface area contributed by atoms with Crippen LogP contribution in [-0.2, 0) is 20.7 Å². The number of anilines is 1. The first-order valence-corrected chi connectivity index (χ1v) is 7.89. The molecule has 7 heteroatoms. The van der Waals surface area contributed by atoms with Crippen LogP contribution in [0, 0.1) is 5.82 Å². The van der Waals surface area contributed by atoms with Gasteiger partial charge in [-0.2, -0.15) is 0 Å². The van der Waals surface area contributed by atoms with Gasteiger partial charge in [0.15, 0.2) is 17.6 Å². The van der Waals surface area contributed by atoms with Gasteiger partial charge in [-0.3, -0.25) is 9.59 Å². The molecule has 0 fully saturated rings. The van der Waals surface area contributed by atoms with E-state index in [4.69, 9.17) is 14.2 Å². The van der Waals surface area contributed by atoms with E-state index < -0.39 is 18.0 Å². The van der Waals surface area contributed by atoms with Crippen molar-refractivity contribution in [2.45, 2.75) is 19.4 Å². The van der Waals surface area contributed by atoms with Crippen LogP contribution in [0.4, 0.5) is 10.1 Å². The Labute approximate surface area is 150 Å². The van der Waals surface area contributed by atoms with E-state index >= 15 is 0 Å². The second kappa shape index (κ2) is 8.84. The molecule has 0 saturated carbocycles. The lowest BCUT2D eigenvalue weighted by Crippen LogP contribution is -2.30. The second-order valence-electron chi connectivity index (χ2n) is 5.49. The summed E-state index contributed by atoms with van der Waals surface area (Å²) in [6.45, 7) is 1.47. The number of benzene rings is 2. The van der Waals surface area contributed by atoms with Gasteiger partial charge in [0, 0.05) is 11.8 Å². The third kappa shape index (κ3) is 5.20. The van der Waals surface area contributed by atoms with Gasteiger partial charge < -0.3 is 19.5 Å². The molecule has 1 N–H and O–H groups in total. The van der Waals surface area contributed by atoms with Crippen LogP contribution in [0.25, 0.3) is 0 Å². The van der Waals surface area contributed by atoms with E-state index in [0.717, 1.165) is 0 Å². The summed E-state index contributed by atoms with van der Waals surface area (Å²) in [6.07, 6.45) is -1.04. The molecule has 26 heavy (non-hydrogen) atoms. The smallest absolute Gasteiger partial charge is 0.311 e. The molecule has 138 valence electrons. The van der Waals surface area contributed by atoms with Crippen molar-refractivity contribution in [3.63, 3.8) is 0 Å². The largest absolute Gasteiger partial charge is 0.493 e. The molecule has 1 amide bonds. The fourth-order valence-corrected chi connectivity index (χ4v) is 2.22. The molecular weight excluding hydrogens is 341 g/mol. The molecule has 0 bridgehead atoms. The Balaban J connectivity index is 1.92. The van der Waals surface area contributed by atoms with Crippen molar-refractivity contribution in [3.8, 4) is 11.5 Å². The van der Waals surface area contributed by atoms with Crippen LogP contribution in [0.1, 0.15) is 12.5 Å². The lowest BCUT2D eigenvalue weighted by molar-refractivity contribution is -0.152. The number of methoxy groups -OCH3 is 2. The van der Waals surface area contributed by atoms with Gasteiger partial charge in [0.2, 0.25) is 0 Å². The Bertz CT molecular complexity index is 776. The lowest BCUT2D eigenvalue weighted by Gasteiger charge is -2.15. The van der Waals surface area contributed by atoms with Crippen molar-refractivity contribution in [2.75, 3.05) is 19.5 Å². The van der Waals surface area contributed by atoms with Crippen LogP contribution < -0.4 is 14.8 Å². The fraction of sp³-hybridized carbons (Fsp3) is 0.263. The first kappa shape index (κ1) is 19.2. The Morgan fingerprint density at radius 3 is 2.31 bits per heavy atom. The third-order valence-corrected chi connectivity index (χ3v) is 3.59. The molecule has 2 aromatic rings. The van der Waals surface area contributed by atoms with E-state index in [1.807, 2.05) is 0 Å². The second-order valence-corrected chi connectivity index (χ2v) is 5.49. The molecule has 0 saturated heterocycles. The van der Waals surface area contributed by atoms with Crippen LogP contribution in [-0.4, -0.2) is 32.2 Å². The Morgan fingerprint density at radius 1 is 1.04 bits per heavy atom. The van der Waals surface area contributed by atoms with Crippen molar-refractivity contribution < 1.29 is 28.2 Å². The highest BCUT2D eigenvalue weighted by Gasteiger charge is 2.19. The number of halogens is 1. The summed E-state index contributed by atoms with van der Waals surface area (Å²) in [5.74, 6) is -0.448. The van der Waals surface area contributed by atoms with E-state index in [-0.39, 0.29) is 12.2 Å². The van der Waals surface area contributed by atoms with Crippen LogP contribution in [0.5, 0.6) is 11.5 Å². The lowest BCUT2D eigenvalue weighted by atomic mass is 10.1. The summed E-state index contributed by atoms with van der Waals surface area (Å²) >= 11 is 0. The summed E-state index contributed by atoms with van der Waals surface area (Å²) in [6, 6.07) is 10.4. The minimum absolute atomic E-state index is 0.0474. The number of nitrogens with one attached hydrogen (secondary N) is 1. The maximum absolute atomic E-state index is 12.9.